The van der Waals surface area contributed by atoms with Crippen molar-refractivity contribution in [1.29, 1.82) is 0 Å². The fourth-order valence-electron chi connectivity index (χ4n) is 3.51. The molecule has 1 unspecified atom stereocenters. The smallest absolute Gasteiger partial charge is 0.308 e. The fraction of sp³-hybridized carbons (Fsp3) is 0.261. The van der Waals surface area contributed by atoms with Crippen LogP contribution in [0.4, 0.5) is 0 Å². The molecule has 0 spiro atoms. The molecule has 1 saturated heterocycles. The van der Waals surface area contributed by atoms with Crippen molar-refractivity contribution < 1.29 is 29.0 Å². The second kappa shape index (κ2) is 9.89. The predicted octanol–water partition coefficient (Wildman–Crippen LogP) is 3.83. The molecule has 0 radical (unpaired) electrons. The van der Waals surface area contributed by atoms with E-state index in [2.05, 4.69) is 15.9 Å². The second-order valence-electron chi connectivity index (χ2n) is 7.01. The summed E-state index contributed by atoms with van der Waals surface area (Å²) in [5.41, 5.74) is 0.956. The summed E-state index contributed by atoms with van der Waals surface area (Å²) in [6.07, 6.45) is 0.516. The van der Waals surface area contributed by atoms with Crippen LogP contribution < -0.4 is 4.74 Å². The number of hydrogen-bond donors (Lipinski definition) is 1. The highest BCUT2D eigenvalue weighted by molar-refractivity contribution is 9.10. The van der Waals surface area contributed by atoms with Crippen molar-refractivity contribution in [3.05, 3.63) is 69.7 Å². The van der Waals surface area contributed by atoms with E-state index in [4.69, 9.17) is 9.47 Å². The third-order valence-electron chi connectivity index (χ3n) is 4.84. The number of carbonyl (C=O) groups is 3. The van der Waals surface area contributed by atoms with E-state index in [9.17, 15) is 19.5 Å². The first-order chi connectivity index (χ1) is 14.8. The van der Waals surface area contributed by atoms with Gasteiger partial charge in [-0.3, -0.25) is 14.4 Å². The monoisotopic (exact) mass is 487 g/mol. The minimum Gasteiger partial charge on any atom is -0.507 e. The lowest BCUT2D eigenvalue weighted by Gasteiger charge is -2.25. The van der Waals surface area contributed by atoms with Gasteiger partial charge in [0.25, 0.3) is 11.7 Å². The molecule has 2 aromatic carbocycles. The molecule has 1 fully saturated rings. The maximum absolute atomic E-state index is 12.9. The van der Waals surface area contributed by atoms with Crippen molar-refractivity contribution in [2.45, 2.75) is 19.4 Å². The molecule has 0 aromatic heterocycles. The molecule has 0 bridgehead atoms. The van der Waals surface area contributed by atoms with Crippen LogP contribution in [0.3, 0.4) is 0 Å². The minimum atomic E-state index is -0.823. The number of aliphatic hydroxyl groups is 1. The van der Waals surface area contributed by atoms with Crippen LogP contribution in [0, 0.1) is 0 Å². The van der Waals surface area contributed by atoms with Gasteiger partial charge in [-0.2, -0.15) is 0 Å². The lowest BCUT2D eigenvalue weighted by molar-refractivity contribution is -0.140. The molecule has 2 aromatic rings. The van der Waals surface area contributed by atoms with Gasteiger partial charge in [-0.1, -0.05) is 40.2 Å². The first kappa shape index (κ1) is 22.7. The summed E-state index contributed by atoms with van der Waals surface area (Å²) in [6.45, 7) is 1.96. The van der Waals surface area contributed by atoms with Crippen LogP contribution in [0.25, 0.3) is 5.76 Å². The first-order valence-electron chi connectivity index (χ1n) is 9.65. The van der Waals surface area contributed by atoms with Crippen LogP contribution in [0.2, 0.25) is 0 Å². The molecule has 1 heterocycles. The Labute approximate surface area is 188 Å². The normalized spacial score (nSPS) is 17.8. The van der Waals surface area contributed by atoms with Crippen molar-refractivity contribution in [3.8, 4) is 5.75 Å². The summed E-state index contributed by atoms with van der Waals surface area (Å²) >= 11 is 3.34. The minimum absolute atomic E-state index is 0.00952. The average molecular weight is 488 g/mol. The number of amides is 1. The molecule has 8 heteroatoms. The SMILES string of the molecule is COCCCN1C(=O)C(=O)/C(=C(\O)c2ccc(Br)cc2)C1c1cccc(OC(C)=O)c1. The van der Waals surface area contributed by atoms with E-state index in [0.717, 1.165) is 4.47 Å². The molecular formula is C23H22BrNO6. The summed E-state index contributed by atoms with van der Waals surface area (Å²) < 4.78 is 11.1. The van der Waals surface area contributed by atoms with Crippen molar-refractivity contribution in [3.63, 3.8) is 0 Å². The molecule has 1 aliphatic heterocycles. The number of esters is 1. The van der Waals surface area contributed by atoms with Gasteiger partial charge < -0.3 is 19.5 Å². The van der Waals surface area contributed by atoms with E-state index < -0.39 is 23.7 Å². The highest BCUT2D eigenvalue weighted by Crippen LogP contribution is 2.40. The van der Waals surface area contributed by atoms with E-state index in [1.807, 2.05) is 0 Å². The largest absolute Gasteiger partial charge is 0.507 e. The number of benzene rings is 2. The van der Waals surface area contributed by atoms with Gasteiger partial charge in [0.15, 0.2) is 0 Å². The van der Waals surface area contributed by atoms with Crippen LogP contribution in [-0.4, -0.2) is 47.9 Å². The highest BCUT2D eigenvalue weighted by Gasteiger charge is 2.45. The van der Waals surface area contributed by atoms with Crippen molar-refractivity contribution in [2.24, 2.45) is 0 Å². The van der Waals surface area contributed by atoms with E-state index in [1.165, 1.54) is 11.8 Å². The maximum Gasteiger partial charge on any atom is 0.308 e. The van der Waals surface area contributed by atoms with Crippen molar-refractivity contribution in [1.82, 2.24) is 4.90 Å². The van der Waals surface area contributed by atoms with Gasteiger partial charge in [-0.05, 0) is 36.2 Å². The summed E-state index contributed by atoms with van der Waals surface area (Å²) in [5.74, 6) is -1.92. The Kier molecular flexibility index (Phi) is 7.25. The molecule has 1 aliphatic rings. The summed E-state index contributed by atoms with van der Waals surface area (Å²) in [4.78, 5) is 38.6. The Hall–Kier alpha value is -2.97. The molecule has 162 valence electrons. The zero-order valence-corrected chi connectivity index (χ0v) is 18.7. The lowest BCUT2D eigenvalue weighted by atomic mass is 9.95. The number of aliphatic hydroxyl groups excluding tert-OH is 1. The van der Waals surface area contributed by atoms with E-state index in [1.54, 1.807) is 55.6 Å². The zero-order chi connectivity index (χ0) is 22.5. The van der Waals surface area contributed by atoms with Crippen molar-refractivity contribution >= 4 is 39.3 Å². The van der Waals surface area contributed by atoms with Gasteiger partial charge in [0.1, 0.15) is 11.5 Å². The number of methoxy groups -OCH3 is 1. The fourth-order valence-corrected chi connectivity index (χ4v) is 3.78. The van der Waals surface area contributed by atoms with E-state index in [-0.39, 0.29) is 23.6 Å². The Morgan fingerprint density at radius 2 is 1.87 bits per heavy atom. The number of ether oxygens (including phenoxy) is 2. The maximum atomic E-state index is 12.9. The molecule has 1 atom stereocenters. The predicted molar refractivity (Wildman–Crippen MR) is 117 cm³/mol. The molecular weight excluding hydrogens is 466 g/mol. The van der Waals surface area contributed by atoms with Crippen LogP contribution in [-0.2, 0) is 19.1 Å². The lowest BCUT2D eigenvalue weighted by Crippen LogP contribution is -2.31. The van der Waals surface area contributed by atoms with Gasteiger partial charge in [-0.15, -0.1) is 0 Å². The first-order valence-corrected chi connectivity index (χ1v) is 10.4. The topological polar surface area (TPSA) is 93.1 Å². The average Bonchev–Trinajstić information content (AvgIpc) is 2.99. The standard InChI is InChI=1S/C23H22BrNO6/c1-14(26)31-18-6-3-5-16(13-18)20-19(21(27)15-7-9-17(24)10-8-15)22(28)23(29)25(20)11-4-12-30-2/h3,5-10,13,20,27H,4,11-12H2,1-2H3/b21-19-. The summed E-state index contributed by atoms with van der Waals surface area (Å²) in [5, 5.41) is 11.0. The molecule has 1 amide bonds. The van der Waals surface area contributed by atoms with E-state index in [0.29, 0.717) is 24.2 Å². The van der Waals surface area contributed by atoms with Crippen LogP contribution in [0.5, 0.6) is 5.75 Å². The summed E-state index contributed by atoms with van der Waals surface area (Å²) in [6, 6.07) is 12.6. The molecule has 0 aliphatic carbocycles. The highest BCUT2D eigenvalue weighted by atomic mass is 79.9. The third-order valence-corrected chi connectivity index (χ3v) is 5.37. The number of rotatable bonds is 7. The third kappa shape index (κ3) is 5.03. The van der Waals surface area contributed by atoms with Gasteiger partial charge in [0, 0.05) is 37.2 Å². The number of Topliss-reactive ketones (excluding diaryl/α,β-unsaturated/α-hetero) is 1. The molecule has 7 nitrogen and oxygen atoms in total. The second-order valence-corrected chi connectivity index (χ2v) is 7.93. The number of hydrogen-bond acceptors (Lipinski definition) is 6. The number of carbonyl (C=O) groups excluding carboxylic acids is 3. The Morgan fingerprint density at radius 3 is 2.52 bits per heavy atom. The van der Waals surface area contributed by atoms with Gasteiger partial charge in [-0.25, -0.2) is 0 Å². The molecule has 0 saturated carbocycles. The van der Waals surface area contributed by atoms with Crippen LogP contribution in [0.15, 0.2) is 58.6 Å². The molecule has 3 rings (SSSR count). The van der Waals surface area contributed by atoms with Gasteiger partial charge >= 0.3 is 5.97 Å². The number of likely N-dealkylation sites (tertiary alicyclic amines) is 1. The molecule has 1 N–H and O–H groups in total. The van der Waals surface area contributed by atoms with Crippen molar-refractivity contribution in [2.75, 3.05) is 20.3 Å². The Balaban J connectivity index is 2.12. The molecule has 31 heavy (non-hydrogen) atoms. The van der Waals surface area contributed by atoms with Crippen LogP contribution in [0.1, 0.15) is 30.5 Å². The Bertz CT molecular complexity index is 1030. The zero-order valence-electron chi connectivity index (χ0n) is 17.1. The van der Waals surface area contributed by atoms with Gasteiger partial charge in [0.2, 0.25) is 0 Å². The van der Waals surface area contributed by atoms with Crippen LogP contribution >= 0.6 is 15.9 Å². The quantitative estimate of drug-likeness (QED) is 0.159. The van der Waals surface area contributed by atoms with E-state index >= 15 is 0 Å². The number of ketones is 1. The number of halogens is 1. The Morgan fingerprint density at radius 1 is 1.16 bits per heavy atom. The number of nitrogens with zero attached hydrogens (tertiary/aromatic N) is 1. The van der Waals surface area contributed by atoms with Gasteiger partial charge in [0.05, 0.1) is 11.6 Å². The summed E-state index contributed by atoms with van der Waals surface area (Å²) in [7, 11) is 1.56.